The van der Waals surface area contributed by atoms with E-state index in [2.05, 4.69) is 21.2 Å². The molecular weight excluding hydrogens is 286 g/mol. The summed E-state index contributed by atoms with van der Waals surface area (Å²) in [6.45, 7) is 3.90. The quantitative estimate of drug-likeness (QED) is 0.841. The Morgan fingerprint density at radius 1 is 1.47 bits per heavy atom. The molecule has 0 aliphatic carbocycles. The molecule has 1 aromatic carbocycles. The lowest BCUT2D eigenvalue weighted by Crippen LogP contribution is -2.26. The Morgan fingerprint density at radius 3 is 2.59 bits per heavy atom. The van der Waals surface area contributed by atoms with E-state index in [1.807, 2.05) is 13.8 Å². The summed E-state index contributed by atoms with van der Waals surface area (Å²) in [5, 5.41) is 12.3. The zero-order chi connectivity index (χ0) is 13.0. The van der Waals surface area contributed by atoms with Crippen molar-refractivity contribution in [3.63, 3.8) is 0 Å². The molecule has 0 aliphatic rings. The Balaban J connectivity index is 2.76. The number of aromatic hydroxyl groups is 1. The number of benzene rings is 1. The molecule has 4 nitrogen and oxygen atoms in total. The second-order valence-electron chi connectivity index (χ2n) is 4.02. The van der Waals surface area contributed by atoms with Crippen LogP contribution in [0.25, 0.3) is 0 Å². The molecule has 5 heteroatoms. The number of nitrogens with one attached hydrogen (secondary N) is 1. The van der Waals surface area contributed by atoms with Crippen molar-refractivity contribution >= 4 is 27.5 Å². The van der Waals surface area contributed by atoms with Gasteiger partial charge >= 0.3 is 0 Å². The van der Waals surface area contributed by atoms with Crippen LogP contribution in [0.2, 0.25) is 0 Å². The molecule has 1 amide bonds. The number of hydrogen-bond acceptors (Lipinski definition) is 3. The molecular formula is C12H16BrNO3. The summed E-state index contributed by atoms with van der Waals surface area (Å²) in [6, 6.07) is 4.73. The van der Waals surface area contributed by atoms with E-state index in [9.17, 15) is 9.90 Å². The Hall–Kier alpha value is -1.23. The van der Waals surface area contributed by atoms with Crippen LogP contribution < -0.4 is 10.1 Å². The van der Waals surface area contributed by atoms with Crippen LogP contribution in [-0.4, -0.2) is 23.0 Å². The Bertz CT molecular complexity index is 407. The summed E-state index contributed by atoms with van der Waals surface area (Å²) in [6.07, 6.45) is 0. The topological polar surface area (TPSA) is 58.6 Å². The van der Waals surface area contributed by atoms with E-state index in [-0.39, 0.29) is 22.4 Å². The van der Waals surface area contributed by atoms with Gasteiger partial charge in [0, 0.05) is 11.8 Å². The third-order valence-corrected chi connectivity index (χ3v) is 3.76. The SMILES string of the molecule is COc1ccc(NC(=O)C(Br)C(C)C)cc1O. The van der Waals surface area contributed by atoms with Gasteiger partial charge in [0.05, 0.1) is 11.9 Å². The summed E-state index contributed by atoms with van der Waals surface area (Å²) >= 11 is 3.31. The minimum Gasteiger partial charge on any atom is -0.504 e. The number of carbonyl (C=O) groups excluding carboxylic acids is 1. The van der Waals surface area contributed by atoms with Gasteiger partial charge in [-0.3, -0.25) is 4.79 Å². The first-order chi connectivity index (χ1) is 7.95. The van der Waals surface area contributed by atoms with E-state index >= 15 is 0 Å². The number of phenolic OH excluding ortho intramolecular Hbond substituents is 1. The van der Waals surface area contributed by atoms with Crippen LogP contribution in [0.3, 0.4) is 0 Å². The van der Waals surface area contributed by atoms with Crippen molar-refractivity contribution in [1.82, 2.24) is 0 Å². The van der Waals surface area contributed by atoms with Gasteiger partial charge < -0.3 is 15.2 Å². The molecule has 1 aromatic rings. The monoisotopic (exact) mass is 301 g/mol. The summed E-state index contributed by atoms with van der Waals surface area (Å²) in [7, 11) is 1.47. The highest BCUT2D eigenvalue weighted by Gasteiger charge is 2.18. The molecule has 0 aromatic heterocycles. The molecule has 0 saturated carbocycles. The average Bonchev–Trinajstić information content (AvgIpc) is 2.28. The highest BCUT2D eigenvalue weighted by atomic mass is 79.9. The lowest BCUT2D eigenvalue weighted by molar-refractivity contribution is -0.116. The number of phenols is 1. The van der Waals surface area contributed by atoms with E-state index in [4.69, 9.17) is 4.74 Å². The fourth-order valence-electron chi connectivity index (χ4n) is 1.28. The number of hydrogen-bond donors (Lipinski definition) is 2. The number of halogens is 1. The van der Waals surface area contributed by atoms with Crippen molar-refractivity contribution in [3.05, 3.63) is 18.2 Å². The first-order valence-corrected chi connectivity index (χ1v) is 6.19. The molecule has 1 rings (SSSR count). The zero-order valence-electron chi connectivity index (χ0n) is 10.0. The van der Waals surface area contributed by atoms with Crippen molar-refractivity contribution in [1.29, 1.82) is 0 Å². The lowest BCUT2D eigenvalue weighted by atomic mass is 10.1. The number of amides is 1. The molecule has 1 atom stereocenters. The van der Waals surface area contributed by atoms with Crippen LogP contribution >= 0.6 is 15.9 Å². The molecule has 1 unspecified atom stereocenters. The minimum absolute atomic E-state index is 0.000898. The smallest absolute Gasteiger partial charge is 0.238 e. The Morgan fingerprint density at radius 2 is 2.12 bits per heavy atom. The van der Waals surface area contributed by atoms with Gasteiger partial charge in [-0.25, -0.2) is 0 Å². The standard InChI is InChI=1S/C12H16BrNO3/c1-7(2)11(13)12(16)14-8-4-5-10(17-3)9(15)6-8/h4-7,11,15H,1-3H3,(H,14,16). The predicted octanol–water partition coefficient (Wildman–Crippen LogP) is 2.76. The number of anilines is 1. The van der Waals surface area contributed by atoms with Gasteiger partial charge in [-0.05, 0) is 18.1 Å². The molecule has 0 aliphatic heterocycles. The molecule has 0 saturated heterocycles. The number of alkyl halides is 1. The Labute approximate surface area is 109 Å². The number of methoxy groups -OCH3 is 1. The van der Waals surface area contributed by atoms with Crippen LogP contribution in [-0.2, 0) is 4.79 Å². The van der Waals surface area contributed by atoms with Gasteiger partial charge in [-0.2, -0.15) is 0 Å². The molecule has 0 bridgehead atoms. The van der Waals surface area contributed by atoms with Crippen molar-refractivity contribution in [2.45, 2.75) is 18.7 Å². The largest absolute Gasteiger partial charge is 0.504 e. The van der Waals surface area contributed by atoms with Crippen LogP contribution in [0.1, 0.15) is 13.8 Å². The van der Waals surface area contributed by atoms with Crippen LogP contribution in [0.4, 0.5) is 5.69 Å². The van der Waals surface area contributed by atoms with E-state index in [0.29, 0.717) is 11.4 Å². The lowest BCUT2D eigenvalue weighted by Gasteiger charge is -2.14. The average molecular weight is 302 g/mol. The van der Waals surface area contributed by atoms with E-state index < -0.39 is 0 Å². The van der Waals surface area contributed by atoms with Gasteiger partial charge in [0.25, 0.3) is 0 Å². The minimum atomic E-state index is -0.258. The fourth-order valence-corrected chi connectivity index (χ4v) is 1.40. The normalized spacial score (nSPS) is 12.3. The predicted molar refractivity (Wildman–Crippen MR) is 70.8 cm³/mol. The molecule has 94 valence electrons. The van der Waals surface area contributed by atoms with Crippen LogP contribution in [0, 0.1) is 5.92 Å². The highest BCUT2D eigenvalue weighted by Crippen LogP contribution is 2.28. The third kappa shape index (κ3) is 3.63. The zero-order valence-corrected chi connectivity index (χ0v) is 11.6. The molecule has 0 heterocycles. The highest BCUT2D eigenvalue weighted by molar-refractivity contribution is 9.10. The van der Waals surface area contributed by atoms with Gasteiger partial charge in [-0.1, -0.05) is 29.8 Å². The second-order valence-corrected chi connectivity index (χ2v) is 5.01. The molecule has 0 radical (unpaired) electrons. The first-order valence-electron chi connectivity index (χ1n) is 5.27. The molecule has 0 fully saturated rings. The van der Waals surface area contributed by atoms with Crippen molar-refractivity contribution < 1.29 is 14.6 Å². The molecule has 17 heavy (non-hydrogen) atoms. The van der Waals surface area contributed by atoms with Gasteiger partial charge in [-0.15, -0.1) is 0 Å². The molecule has 0 spiro atoms. The molecule has 2 N–H and O–H groups in total. The summed E-state index contributed by atoms with van der Waals surface area (Å²) in [5.41, 5.74) is 0.540. The van der Waals surface area contributed by atoms with E-state index in [0.717, 1.165) is 0 Å². The summed E-state index contributed by atoms with van der Waals surface area (Å²) in [5.74, 6) is 0.439. The number of rotatable bonds is 4. The second kappa shape index (κ2) is 5.91. The maximum absolute atomic E-state index is 11.7. The van der Waals surface area contributed by atoms with E-state index in [1.54, 1.807) is 12.1 Å². The number of ether oxygens (including phenoxy) is 1. The maximum atomic E-state index is 11.7. The van der Waals surface area contributed by atoms with Crippen molar-refractivity contribution in [3.8, 4) is 11.5 Å². The third-order valence-electron chi connectivity index (χ3n) is 2.28. The van der Waals surface area contributed by atoms with Gasteiger partial charge in [0.2, 0.25) is 5.91 Å². The Kier molecular flexibility index (Phi) is 4.81. The summed E-state index contributed by atoms with van der Waals surface area (Å²) in [4.78, 5) is 11.5. The maximum Gasteiger partial charge on any atom is 0.238 e. The van der Waals surface area contributed by atoms with Crippen LogP contribution in [0.15, 0.2) is 18.2 Å². The van der Waals surface area contributed by atoms with E-state index in [1.165, 1.54) is 13.2 Å². The van der Waals surface area contributed by atoms with Gasteiger partial charge in [0.15, 0.2) is 11.5 Å². The van der Waals surface area contributed by atoms with Crippen molar-refractivity contribution in [2.75, 3.05) is 12.4 Å². The summed E-state index contributed by atoms with van der Waals surface area (Å²) < 4.78 is 4.92. The number of carbonyl (C=O) groups is 1. The van der Waals surface area contributed by atoms with Gasteiger partial charge in [0.1, 0.15) is 0 Å². The van der Waals surface area contributed by atoms with Crippen LogP contribution in [0.5, 0.6) is 11.5 Å². The van der Waals surface area contributed by atoms with Crippen molar-refractivity contribution in [2.24, 2.45) is 5.92 Å². The fraction of sp³-hybridized carbons (Fsp3) is 0.417. The first kappa shape index (κ1) is 13.8.